The smallest absolute Gasteiger partial charge is 0.0417 e. The summed E-state index contributed by atoms with van der Waals surface area (Å²) in [5.41, 5.74) is 3.29. The molecule has 0 aromatic carbocycles. The Bertz CT molecular complexity index is 201. The van der Waals surface area contributed by atoms with Crippen LogP contribution in [0.15, 0.2) is 0 Å². The number of nitrogens with two attached hydrogens (primary N) is 1. The normalized spacial score (nSPS) is 25.3. The molecule has 0 radical (unpaired) electrons. The van der Waals surface area contributed by atoms with Crippen LogP contribution in [0.25, 0.3) is 0 Å². The molecule has 3 N–H and O–H groups in total. The lowest BCUT2D eigenvalue weighted by Gasteiger charge is -2.46. The van der Waals surface area contributed by atoms with E-state index < -0.39 is 0 Å². The number of likely N-dealkylation sites (tertiary alicyclic amines) is 1. The molecule has 0 aromatic rings. The topological polar surface area (TPSA) is 41.3 Å². The van der Waals surface area contributed by atoms with Gasteiger partial charge in [0.25, 0.3) is 0 Å². The van der Waals surface area contributed by atoms with Gasteiger partial charge in [-0.15, -0.1) is 0 Å². The van der Waals surface area contributed by atoms with Gasteiger partial charge in [-0.05, 0) is 45.2 Å². The van der Waals surface area contributed by atoms with Crippen LogP contribution in [-0.4, -0.2) is 29.6 Å². The van der Waals surface area contributed by atoms with E-state index in [2.05, 4.69) is 38.0 Å². The molecule has 96 valence electrons. The zero-order valence-corrected chi connectivity index (χ0v) is 11.4. The minimum absolute atomic E-state index is 0.209. The molecule has 1 saturated heterocycles. The van der Waals surface area contributed by atoms with Gasteiger partial charge in [0.05, 0.1) is 0 Å². The Morgan fingerprint density at radius 2 is 1.88 bits per heavy atom. The highest BCUT2D eigenvalue weighted by Gasteiger charge is 2.40. The van der Waals surface area contributed by atoms with Gasteiger partial charge in [-0.2, -0.15) is 0 Å². The zero-order valence-electron chi connectivity index (χ0n) is 11.4. The van der Waals surface area contributed by atoms with Crippen molar-refractivity contribution in [2.24, 2.45) is 11.8 Å². The first-order valence-electron chi connectivity index (χ1n) is 6.81. The minimum atomic E-state index is 0.209. The molecule has 0 saturated carbocycles. The molecular weight excluding hydrogens is 198 g/mol. The van der Waals surface area contributed by atoms with Crippen molar-refractivity contribution in [3.8, 4) is 0 Å². The maximum Gasteiger partial charge on any atom is 0.0417 e. The molecule has 1 heterocycles. The first-order chi connectivity index (χ1) is 7.60. The third-order valence-corrected chi connectivity index (χ3v) is 4.61. The molecule has 0 aromatic heterocycles. The molecule has 3 heteroatoms. The van der Waals surface area contributed by atoms with Crippen LogP contribution in [0.1, 0.15) is 53.4 Å². The summed E-state index contributed by atoms with van der Waals surface area (Å²) < 4.78 is 0. The van der Waals surface area contributed by atoms with Gasteiger partial charge in [0.1, 0.15) is 0 Å². The zero-order chi connectivity index (χ0) is 12.2. The summed E-state index contributed by atoms with van der Waals surface area (Å²) in [6.45, 7) is 11.7. The lowest BCUT2D eigenvalue weighted by molar-refractivity contribution is 0.0598. The monoisotopic (exact) mass is 227 g/mol. The molecular formula is C13H29N3. The summed E-state index contributed by atoms with van der Waals surface area (Å²) in [5, 5.41) is 0. The fourth-order valence-electron chi connectivity index (χ4n) is 3.06. The second-order valence-electron chi connectivity index (χ2n) is 5.43. The van der Waals surface area contributed by atoms with Gasteiger partial charge in [0.15, 0.2) is 0 Å². The average molecular weight is 227 g/mol. The molecule has 0 bridgehead atoms. The van der Waals surface area contributed by atoms with Crippen LogP contribution in [0.3, 0.4) is 0 Å². The Balaban J connectivity index is 2.82. The van der Waals surface area contributed by atoms with E-state index in [0.29, 0.717) is 12.0 Å². The van der Waals surface area contributed by atoms with Gasteiger partial charge in [-0.3, -0.25) is 16.2 Å². The van der Waals surface area contributed by atoms with Crippen molar-refractivity contribution in [1.29, 1.82) is 0 Å². The summed E-state index contributed by atoms with van der Waals surface area (Å²) in [7, 11) is 0. The highest BCUT2D eigenvalue weighted by molar-refractivity contribution is 4.98. The van der Waals surface area contributed by atoms with Crippen LogP contribution >= 0.6 is 0 Å². The largest absolute Gasteiger partial charge is 0.296 e. The third kappa shape index (κ3) is 2.58. The van der Waals surface area contributed by atoms with Crippen molar-refractivity contribution in [3.63, 3.8) is 0 Å². The molecule has 1 aliphatic heterocycles. The molecule has 3 unspecified atom stereocenters. The SMILES string of the molecule is CCC(C)C(NN)C(C)(CC)N1CCCC1. The highest BCUT2D eigenvalue weighted by Crippen LogP contribution is 2.31. The van der Waals surface area contributed by atoms with Crippen molar-refractivity contribution in [2.45, 2.75) is 65.0 Å². The first kappa shape index (κ1) is 13.9. The standard InChI is InChI=1S/C13H29N3/c1-5-11(3)12(15-14)13(4,6-2)16-9-7-8-10-16/h11-12,15H,5-10,14H2,1-4H3. The Morgan fingerprint density at radius 1 is 1.31 bits per heavy atom. The quantitative estimate of drug-likeness (QED) is 0.539. The van der Waals surface area contributed by atoms with Gasteiger partial charge < -0.3 is 0 Å². The molecule has 0 aliphatic carbocycles. The van der Waals surface area contributed by atoms with E-state index in [0.717, 1.165) is 6.42 Å². The predicted molar refractivity (Wildman–Crippen MR) is 70.1 cm³/mol. The molecule has 1 aliphatic rings. The van der Waals surface area contributed by atoms with Crippen LogP contribution in [0.5, 0.6) is 0 Å². The van der Waals surface area contributed by atoms with Crippen LogP contribution in [0.2, 0.25) is 0 Å². The molecule has 0 amide bonds. The fraction of sp³-hybridized carbons (Fsp3) is 1.00. The summed E-state index contributed by atoms with van der Waals surface area (Å²) in [6, 6.07) is 0.389. The molecule has 1 fully saturated rings. The Hall–Kier alpha value is -0.120. The van der Waals surface area contributed by atoms with Gasteiger partial charge >= 0.3 is 0 Å². The van der Waals surface area contributed by atoms with Crippen molar-refractivity contribution in [1.82, 2.24) is 10.3 Å². The number of hydrogen-bond acceptors (Lipinski definition) is 3. The Morgan fingerprint density at radius 3 is 2.25 bits per heavy atom. The number of rotatable bonds is 6. The van der Waals surface area contributed by atoms with E-state index >= 15 is 0 Å². The van der Waals surface area contributed by atoms with Gasteiger partial charge in [-0.1, -0.05) is 27.2 Å². The molecule has 3 nitrogen and oxygen atoms in total. The molecule has 16 heavy (non-hydrogen) atoms. The number of hydrogen-bond donors (Lipinski definition) is 2. The lowest BCUT2D eigenvalue weighted by Crippen LogP contribution is -2.62. The summed E-state index contributed by atoms with van der Waals surface area (Å²) in [4.78, 5) is 2.63. The predicted octanol–water partition coefficient (Wildman–Crippen LogP) is 2.13. The number of nitrogens with one attached hydrogen (secondary N) is 1. The maximum atomic E-state index is 5.80. The van der Waals surface area contributed by atoms with Crippen LogP contribution in [-0.2, 0) is 0 Å². The summed E-state index contributed by atoms with van der Waals surface area (Å²) in [5.74, 6) is 6.42. The Labute approximate surface area is 101 Å². The van der Waals surface area contributed by atoms with Crippen molar-refractivity contribution >= 4 is 0 Å². The number of hydrazine groups is 1. The summed E-state index contributed by atoms with van der Waals surface area (Å²) >= 11 is 0. The summed E-state index contributed by atoms with van der Waals surface area (Å²) in [6.07, 6.45) is 5.02. The minimum Gasteiger partial charge on any atom is -0.296 e. The van der Waals surface area contributed by atoms with Gasteiger partial charge in [0, 0.05) is 11.6 Å². The lowest BCUT2D eigenvalue weighted by atomic mass is 9.80. The van der Waals surface area contributed by atoms with E-state index in [4.69, 9.17) is 5.84 Å². The number of nitrogens with zero attached hydrogens (tertiary/aromatic N) is 1. The molecule has 3 atom stereocenters. The van der Waals surface area contributed by atoms with E-state index in [1.807, 2.05) is 0 Å². The second-order valence-corrected chi connectivity index (χ2v) is 5.43. The van der Waals surface area contributed by atoms with E-state index in [1.165, 1.54) is 32.4 Å². The third-order valence-electron chi connectivity index (χ3n) is 4.61. The highest BCUT2D eigenvalue weighted by atomic mass is 15.3. The van der Waals surface area contributed by atoms with E-state index in [1.54, 1.807) is 0 Å². The van der Waals surface area contributed by atoms with Crippen molar-refractivity contribution in [2.75, 3.05) is 13.1 Å². The van der Waals surface area contributed by atoms with Crippen LogP contribution in [0.4, 0.5) is 0 Å². The van der Waals surface area contributed by atoms with Gasteiger partial charge in [-0.25, -0.2) is 0 Å². The fourth-order valence-corrected chi connectivity index (χ4v) is 3.06. The Kier molecular flexibility index (Phi) is 5.22. The van der Waals surface area contributed by atoms with Gasteiger partial charge in [0.2, 0.25) is 0 Å². The van der Waals surface area contributed by atoms with Crippen LogP contribution in [0, 0.1) is 5.92 Å². The van der Waals surface area contributed by atoms with Crippen LogP contribution < -0.4 is 11.3 Å². The molecule has 1 rings (SSSR count). The second kappa shape index (κ2) is 5.99. The molecule has 0 spiro atoms. The van der Waals surface area contributed by atoms with Crippen molar-refractivity contribution in [3.05, 3.63) is 0 Å². The first-order valence-corrected chi connectivity index (χ1v) is 6.81. The average Bonchev–Trinajstić information content (AvgIpc) is 2.83. The van der Waals surface area contributed by atoms with E-state index in [9.17, 15) is 0 Å². The van der Waals surface area contributed by atoms with Crippen molar-refractivity contribution < 1.29 is 0 Å². The van der Waals surface area contributed by atoms with E-state index in [-0.39, 0.29) is 5.54 Å². The maximum absolute atomic E-state index is 5.80.